The molecule has 0 aliphatic carbocycles. The minimum Gasteiger partial charge on any atom is -0.309 e. The van der Waals surface area contributed by atoms with Crippen molar-refractivity contribution in [2.75, 3.05) is 0 Å². The molecule has 8 aromatic rings. The van der Waals surface area contributed by atoms with E-state index in [-0.39, 0.29) is 0 Å². The van der Waals surface area contributed by atoms with Gasteiger partial charge in [0.05, 0.1) is 22.2 Å². The number of nitrogens with zero attached hydrogens (tertiary/aromatic N) is 3. The molecule has 3 nitrogen and oxygen atoms in total. The zero-order valence-corrected chi connectivity index (χ0v) is 20.6. The number of hydrogen-bond acceptors (Lipinski definition) is 1. The Hall–Kier alpha value is -5.15. The molecule has 178 valence electrons. The van der Waals surface area contributed by atoms with E-state index in [2.05, 4.69) is 149 Å². The fourth-order valence-corrected chi connectivity index (χ4v) is 5.82. The Labute approximate surface area is 219 Å². The summed E-state index contributed by atoms with van der Waals surface area (Å²) >= 11 is 0. The molecule has 38 heavy (non-hydrogen) atoms. The smallest absolute Gasteiger partial charge is 0.146 e. The van der Waals surface area contributed by atoms with E-state index < -0.39 is 0 Å². The van der Waals surface area contributed by atoms with Crippen LogP contribution in [0.25, 0.3) is 66.4 Å². The summed E-state index contributed by atoms with van der Waals surface area (Å²) in [5, 5.41) is 4.87. The van der Waals surface area contributed by atoms with Crippen molar-refractivity contribution < 1.29 is 0 Å². The maximum Gasteiger partial charge on any atom is 0.146 e. The normalized spacial score (nSPS) is 11.7. The van der Waals surface area contributed by atoms with Crippen molar-refractivity contribution in [1.82, 2.24) is 14.1 Å². The third-order valence-electron chi connectivity index (χ3n) is 7.52. The second-order valence-corrected chi connectivity index (χ2v) is 9.68. The monoisotopic (exact) mass is 485 g/mol. The molecule has 3 aromatic heterocycles. The van der Waals surface area contributed by atoms with Crippen LogP contribution in [0.15, 0.2) is 140 Å². The standard InChI is InChI=1S/C35H23N3/c1-3-11-25(12-4-1)37-32-17-9-7-15-27(32)29-20-19-24(23-34(29)37)31-22-21-30-28-16-8-10-18-33(28)38(35(30)36-31)26-13-5-2-6-14-26/h1-23H. The van der Waals surface area contributed by atoms with Gasteiger partial charge in [-0.05, 0) is 54.6 Å². The highest BCUT2D eigenvalue weighted by molar-refractivity contribution is 6.11. The number of fused-ring (bicyclic) bond motifs is 6. The fraction of sp³-hybridized carbons (Fsp3) is 0. The van der Waals surface area contributed by atoms with Gasteiger partial charge in [-0.3, -0.25) is 4.57 Å². The third kappa shape index (κ3) is 3.06. The van der Waals surface area contributed by atoms with Crippen LogP contribution in [0, 0.1) is 0 Å². The molecule has 5 aromatic carbocycles. The summed E-state index contributed by atoms with van der Waals surface area (Å²) in [4.78, 5) is 5.28. The van der Waals surface area contributed by atoms with Crippen molar-refractivity contribution in [3.8, 4) is 22.6 Å². The van der Waals surface area contributed by atoms with Gasteiger partial charge in [-0.15, -0.1) is 0 Å². The van der Waals surface area contributed by atoms with E-state index in [0.717, 1.165) is 39.2 Å². The summed E-state index contributed by atoms with van der Waals surface area (Å²) in [5.74, 6) is 0. The molecule has 0 spiro atoms. The summed E-state index contributed by atoms with van der Waals surface area (Å²) in [6, 6.07) is 49.4. The summed E-state index contributed by atoms with van der Waals surface area (Å²) < 4.78 is 4.63. The Morgan fingerprint density at radius 1 is 0.395 bits per heavy atom. The molecule has 0 amide bonds. The average molecular weight is 486 g/mol. The van der Waals surface area contributed by atoms with Crippen LogP contribution in [-0.2, 0) is 0 Å². The first-order chi connectivity index (χ1) is 18.9. The lowest BCUT2D eigenvalue weighted by Crippen LogP contribution is -1.96. The van der Waals surface area contributed by atoms with Crippen molar-refractivity contribution in [2.24, 2.45) is 0 Å². The molecule has 0 fully saturated rings. The van der Waals surface area contributed by atoms with Crippen LogP contribution in [0.3, 0.4) is 0 Å². The van der Waals surface area contributed by atoms with Crippen LogP contribution >= 0.6 is 0 Å². The number of aromatic nitrogens is 3. The summed E-state index contributed by atoms with van der Waals surface area (Å²) in [7, 11) is 0. The molecule has 0 N–H and O–H groups in total. The molecule has 0 saturated heterocycles. The topological polar surface area (TPSA) is 22.8 Å². The quantitative estimate of drug-likeness (QED) is 0.245. The second-order valence-electron chi connectivity index (χ2n) is 9.68. The first-order valence-corrected chi connectivity index (χ1v) is 12.9. The van der Waals surface area contributed by atoms with E-state index in [9.17, 15) is 0 Å². The lowest BCUT2D eigenvalue weighted by molar-refractivity contribution is 1.14. The minimum absolute atomic E-state index is 0.962. The van der Waals surface area contributed by atoms with Crippen molar-refractivity contribution >= 4 is 43.7 Å². The Morgan fingerprint density at radius 3 is 1.63 bits per heavy atom. The average Bonchev–Trinajstić information content (AvgIpc) is 3.50. The Bertz CT molecular complexity index is 1960. The van der Waals surface area contributed by atoms with Crippen LogP contribution in [0.2, 0.25) is 0 Å². The highest BCUT2D eigenvalue weighted by Gasteiger charge is 2.16. The van der Waals surface area contributed by atoms with Gasteiger partial charge >= 0.3 is 0 Å². The predicted octanol–water partition coefficient (Wildman–Crippen LogP) is 8.94. The zero-order chi connectivity index (χ0) is 25.1. The Balaban J connectivity index is 1.40. The van der Waals surface area contributed by atoms with E-state index in [1.54, 1.807) is 0 Å². The SMILES string of the molecule is c1ccc(-n2c3ccccc3c3ccc(-c4ccc5c6ccccc6n(-c6ccccc6)c5n4)cc32)cc1. The van der Waals surface area contributed by atoms with Crippen molar-refractivity contribution in [1.29, 1.82) is 0 Å². The van der Waals surface area contributed by atoms with Gasteiger partial charge in [0.25, 0.3) is 0 Å². The molecule has 0 atom stereocenters. The lowest BCUT2D eigenvalue weighted by Gasteiger charge is -2.10. The van der Waals surface area contributed by atoms with Crippen LogP contribution in [-0.4, -0.2) is 14.1 Å². The summed E-state index contributed by atoms with van der Waals surface area (Å²) in [6.45, 7) is 0. The number of benzene rings is 5. The van der Waals surface area contributed by atoms with Gasteiger partial charge in [0.2, 0.25) is 0 Å². The van der Waals surface area contributed by atoms with Crippen LogP contribution in [0.1, 0.15) is 0 Å². The van der Waals surface area contributed by atoms with Crippen LogP contribution in [0.5, 0.6) is 0 Å². The van der Waals surface area contributed by atoms with Gasteiger partial charge in [0.1, 0.15) is 5.65 Å². The highest BCUT2D eigenvalue weighted by Crippen LogP contribution is 2.36. The molecule has 0 aliphatic rings. The van der Waals surface area contributed by atoms with Crippen molar-refractivity contribution in [2.45, 2.75) is 0 Å². The molecular formula is C35H23N3. The summed E-state index contributed by atoms with van der Waals surface area (Å²) in [5.41, 5.74) is 8.86. The van der Waals surface area contributed by atoms with E-state index >= 15 is 0 Å². The molecule has 0 radical (unpaired) electrons. The van der Waals surface area contributed by atoms with Gasteiger partial charge in [-0.25, -0.2) is 4.98 Å². The highest BCUT2D eigenvalue weighted by atomic mass is 15.0. The summed E-state index contributed by atoms with van der Waals surface area (Å²) in [6.07, 6.45) is 0. The number of pyridine rings is 1. The third-order valence-corrected chi connectivity index (χ3v) is 7.52. The first-order valence-electron chi connectivity index (χ1n) is 12.9. The van der Waals surface area contributed by atoms with Crippen LogP contribution < -0.4 is 0 Å². The van der Waals surface area contributed by atoms with Crippen molar-refractivity contribution in [3.05, 3.63) is 140 Å². The van der Waals surface area contributed by atoms with E-state index in [4.69, 9.17) is 4.98 Å². The maximum absolute atomic E-state index is 5.28. The Kier molecular flexibility index (Phi) is 4.52. The van der Waals surface area contributed by atoms with E-state index in [0.29, 0.717) is 0 Å². The van der Waals surface area contributed by atoms with Gasteiger partial charge in [0, 0.05) is 38.5 Å². The van der Waals surface area contributed by atoms with Gasteiger partial charge in [-0.1, -0.05) is 84.9 Å². The number of para-hydroxylation sites is 4. The predicted molar refractivity (Wildman–Crippen MR) is 158 cm³/mol. The molecule has 3 heteroatoms. The molecule has 0 bridgehead atoms. The Morgan fingerprint density at radius 2 is 0.921 bits per heavy atom. The van der Waals surface area contributed by atoms with E-state index in [1.807, 2.05) is 0 Å². The maximum atomic E-state index is 5.28. The molecule has 3 heterocycles. The molecule has 8 rings (SSSR count). The largest absolute Gasteiger partial charge is 0.309 e. The molecule has 0 aliphatic heterocycles. The lowest BCUT2D eigenvalue weighted by atomic mass is 10.1. The second kappa shape index (κ2) is 8.19. The first kappa shape index (κ1) is 21.0. The zero-order valence-electron chi connectivity index (χ0n) is 20.6. The number of hydrogen-bond donors (Lipinski definition) is 0. The van der Waals surface area contributed by atoms with Gasteiger partial charge in [0.15, 0.2) is 0 Å². The van der Waals surface area contributed by atoms with Crippen LogP contribution in [0.4, 0.5) is 0 Å². The molecule has 0 saturated carbocycles. The van der Waals surface area contributed by atoms with Crippen molar-refractivity contribution in [3.63, 3.8) is 0 Å². The minimum atomic E-state index is 0.962. The molecule has 0 unspecified atom stereocenters. The van der Waals surface area contributed by atoms with Gasteiger partial charge < -0.3 is 4.57 Å². The fourth-order valence-electron chi connectivity index (χ4n) is 5.82. The van der Waals surface area contributed by atoms with Gasteiger partial charge in [-0.2, -0.15) is 0 Å². The number of rotatable bonds is 3. The molecular weight excluding hydrogens is 462 g/mol. The van der Waals surface area contributed by atoms with E-state index in [1.165, 1.54) is 27.2 Å².